The van der Waals surface area contributed by atoms with E-state index in [2.05, 4.69) is 13.8 Å². The van der Waals surface area contributed by atoms with Crippen molar-refractivity contribution in [2.24, 2.45) is 0 Å². The Hall–Kier alpha value is -0.140. The molecule has 0 saturated carbocycles. The van der Waals surface area contributed by atoms with Crippen molar-refractivity contribution in [2.45, 2.75) is 25.2 Å². The molecule has 0 spiro atoms. The lowest BCUT2D eigenvalue weighted by atomic mass is 10.4. The number of benzene rings is 1. The summed E-state index contributed by atoms with van der Waals surface area (Å²) in [6, 6.07) is 7.82. The van der Waals surface area contributed by atoms with Crippen molar-refractivity contribution < 1.29 is 0 Å². The molecule has 0 N–H and O–H groups in total. The van der Waals surface area contributed by atoms with E-state index in [4.69, 9.17) is 11.6 Å². The first-order valence-electron chi connectivity index (χ1n) is 4.04. The van der Waals surface area contributed by atoms with E-state index in [9.17, 15) is 0 Å². The maximum Gasteiger partial charge on any atom is 0.0541 e. The molecule has 12 heavy (non-hydrogen) atoms. The van der Waals surface area contributed by atoms with Crippen LogP contribution in [0.5, 0.6) is 0 Å². The molecule has 1 aromatic carbocycles. The van der Waals surface area contributed by atoms with Crippen LogP contribution in [-0.2, 0) is 0 Å². The highest BCUT2D eigenvalue weighted by Gasteiger charge is 1.92. The summed E-state index contributed by atoms with van der Waals surface area (Å²) in [6.45, 7) is 4.25. The van der Waals surface area contributed by atoms with E-state index in [1.54, 1.807) is 11.8 Å². The third-order valence-electron chi connectivity index (χ3n) is 1.06. The van der Waals surface area contributed by atoms with Crippen LogP contribution in [-0.4, -0.2) is 6.26 Å². The van der Waals surface area contributed by atoms with E-state index in [1.807, 2.05) is 30.5 Å². The number of thioether (sulfide) groups is 1. The highest BCUT2D eigenvalue weighted by atomic mass is 35.5. The average Bonchev–Trinajstić information content (AvgIpc) is 2.07. The molecular weight excluding hydrogens is 188 g/mol. The third kappa shape index (κ3) is 4.68. The van der Waals surface area contributed by atoms with Gasteiger partial charge in [0.1, 0.15) is 0 Å². The Morgan fingerprint density at radius 1 is 1.25 bits per heavy atom. The fraction of sp³-hybridized carbons (Fsp3) is 0.400. The molecule has 0 fully saturated rings. The predicted octanol–water partition coefficient (Wildman–Crippen LogP) is 4.48. The quantitative estimate of drug-likeness (QED) is 0.606. The topological polar surface area (TPSA) is 0 Å². The lowest BCUT2D eigenvalue weighted by Gasteiger charge is -1.95. The second-order valence-electron chi connectivity index (χ2n) is 2.34. The first kappa shape index (κ1) is 11.9. The van der Waals surface area contributed by atoms with Crippen LogP contribution >= 0.6 is 23.4 Å². The zero-order chi connectivity index (χ0) is 9.40. The van der Waals surface area contributed by atoms with Crippen molar-refractivity contribution >= 4 is 23.4 Å². The van der Waals surface area contributed by atoms with Gasteiger partial charge in [0.15, 0.2) is 0 Å². The van der Waals surface area contributed by atoms with E-state index >= 15 is 0 Å². The van der Waals surface area contributed by atoms with Gasteiger partial charge in [-0.2, -0.15) is 0 Å². The van der Waals surface area contributed by atoms with Gasteiger partial charge in [-0.1, -0.05) is 44.0 Å². The molecule has 0 saturated heterocycles. The van der Waals surface area contributed by atoms with Gasteiger partial charge < -0.3 is 0 Å². The Morgan fingerprint density at radius 2 is 1.75 bits per heavy atom. The fourth-order valence-corrected chi connectivity index (χ4v) is 1.46. The second kappa shape index (κ2) is 7.51. The van der Waals surface area contributed by atoms with Crippen LogP contribution < -0.4 is 0 Å². The van der Waals surface area contributed by atoms with Crippen molar-refractivity contribution in [2.75, 3.05) is 6.26 Å². The molecule has 0 nitrogen and oxygen atoms in total. The molecule has 68 valence electrons. The number of rotatable bonds is 1. The standard InChI is InChI=1S/C7H7ClS.C3H8/c1-9-7-5-3-2-4-6(7)8;1-3-2/h2-5H,1H3;3H2,1-2H3. The van der Waals surface area contributed by atoms with Gasteiger partial charge in [-0.15, -0.1) is 11.8 Å². The minimum Gasteiger partial charge on any atom is -0.128 e. The number of halogens is 1. The summed E-state index contributed by atoms with van der Waals surface area (Å²) in [5.74, 6) is 0. The molecule has 1 aromatic rings. The van der Waals surface area contributed by atoms with Crippen LogP contribution in [0.25, 0.3) is 0 Å². The summed E-state index contributed by atoms with van der Waals surface area (Å²) >= 11 is 7.47. The van der Waals surface area contributed by atoms with E-state index < -0.39 is 0 Å². The Kier molecular flexibility index (Phi) is 7.42. The highest BCUT2D eigenvalue weighted by Crippen LogP contribution is 2.23. The van der Waals surface area contributed by atoms with E-state index in [1.165, 1.54) is 6.42 Å². The number of hydrogen-bond donors (Lipinski definition) is 0. The van der Waals surface area contributed by atoms with Crippen LogP contribution in [0, 0.1) is 0 Å². The van der Waals surface area contributed by atoms with Crippen LogP contribution in [0.3, 0.4) is 0 Å². The number of hydrogen-bond acceptors (Lipinski definition) is 1. The molecule has 0 amide bonds. The second-order valence-corrected chi connectivity index (χ2v) is 3.60. The van der Waals surface area contributed by atoms with Crippen molar-refractivity contribution in [3.63, 3.8) is 0 Å². The minimum absolute atomic E-state index is 0.838. The maximum absolute atomic E-state index is 5.80. The zero-order valence-corrected chi connectivity index (χ0v) is 9.38. The molecule has 1 rings (SSSR count). The lowest BCUT2D eigenvalue weighted by Crippen LogP contribution is -1.68. The molecule has 0 bridgehead atoms. The first-order chi connectivity index (χ1) is 5.76. The largest absolute Gasteiger partial charge is 0.128 e. The van der Waals surface area contributed by atoms with Gasteiger partial charge >= 0.3 is 0 Å². The van der Waals surface area contributed by atoms with Crippen molar-refractivity contribution in [3.05, 3.63) is 29.3 Å². The normalized spacial score (nSPS) is 8.67. The summed E-state index contributed by atoms with van der Waals surface area (Å²) < 4.78 is 0. The smallest absolute Gasteiger partial charge is 0.0541 e. The summed E-state index contributed by atoms with van der Waals surface area (Å²) in [5.41, 5.74) is 0. The third-order valence-corrected chi connectivity index (χ3v) is 2.29. The summed E-state index contributed by atoms with van der Waals surface area (Å²) in [6.07, 6.45) is 3.27. The Morgan fingerprint density at radius 3 is 2.08 bits per heavy atom. The van der Waals surface area contributed by atoms with E-state index in [-0.39, 0.29) is 0 Å². The molecule has 0 unspecified atom stereocenters. The molecule has 0 atom stereocenters. The maximum atomic E-state index is 5.80. The van der Waals surface area contributed by atoms with Gasteiger partial charge in [-0.05, 0) is 18.4 Å². The average molecular weight is 203 g/mol. The summed E-state index contributed by atoms with van der Waals surface area (Å²) in [7, 11) is 0. The van der Waals surface area contributed by atoms with Crippen molar-refractivity contribution in [1.29, 1.82) is 0 Å². The van der Waals surface area contributed by atoms with Crippen LogP contribution in [0.4, 0.5) is 0 Å². The van der Waals surface area contributed by atoms with Gasteiger partial charge in [-0.3, -0.25) is 0 Å². The van der Waals surface area contributed by atoms with Gasteiger partial charge in [0.05, 0.1) is 5.02 Å². The zero-order valence-electron chi connectivity index (χ0n) is 7.80. The van der Waals surface area contributed by atoms with Crippen LogP contribution in [0.1, 0.15) is 20.3 Å². The Labute approximate surface area is 84.3 Å². The Balaban J connectivity index is 0.000000354. The fourth-order valence-electron chi connectivity index (χ4n) is 0.610. The predicted molar refractivity (Wildman–Crippen MR) is 59.2 cm³/mol. The molecule has 0 aliphatic carbocycles. The van der Waals surface area contributed by atoms with E-state index in [0.29, 0.717) is 0 Å². The van der Waals surface area contributed by atoms with Gasteiger partial charge in [-0.25, -0.2) is 0 Å². The molecule has 0 radical (unpaired) electrons. The summed E-state index contributed by atoms with van der Waals surface area (Å²) in [4.78, 5) is 1.14. The molecule has 0 aliphatic heterocycles. The van der Waals surface area contributed by atoms with Crippen LogP contribution in [0.15, 0.2) is 29.2 Å². The van der Waals surface area contributed by atoms with Crippen molar-refractivity contribution in [1.82, 2.24) is 0 Å². The highest BCUT2D eigenvalue weighted by molar-refractivity contribution is 7.98. The first-order valence-corrected chi connectivity index (χ1v) is 5.65. The van der Waals surface area contributed by atoms with Crippen LogP contribution in [0.2, 0.25) is 5.02 Å². The minimum atomic E-state index is 0.838. The molecule has 0 heterocycles. The molecular formula is C10H15ClS. The van der Waals surface area contributed by atoms with Gasteiger partial charge in [0.25, 0.3) is 0 Å². The van der Waals surface area contributed by atoms with Crippen molar-refractivity contribution in [3.8, 4) is 0 Å². The van der Waals surface area contributed by atoms with Gasteiger partial charge in [0, 0.05) is 4.90 Å². The molecule has 2 heteroatoms. The Bertz CT molecular complexity index is 211. The van der Waals surface area contributed by atoms with Gasteiger partial charge in [0.2, 0.25) is 0 Å². The van der Waals surface area contributed by atoms with E-state index in [0.717, 1.165) is 9.92 Å². The SMILES string of the molecule is CCC.CSc1ccccc1Cl. The molecule has 0 aromatic heterocycles. The molecule has 0 aliphatic rings. The monoisotopic (exact) mass is 202 g/mol. The summed E-state index contributed by atoms with van der Waals surface area (Å²) in [5, 5.41) is 0.838. The lowest BCUT2D eigenvalue weighted by molar-refractivity contribution is 1.09.